The lowest BCUT2D eigenvalue weighted by molar-refractivity contribution is -0.144. The molecule has 0 saturated carbocycles. The van der Waals surface area contributed by atoms with Gasteiger partial charge in [0, 0.05) is 11.4 Å². The molecular weight excluding hydrogens is 328 g/mol. The van der Waals surface area contributed by atoms with Crippen molar-refractivity contribution in [3.05, 3.63) is 65.2 Å². The van der Waals surface area contributed by atoms with Crippen LogP contribution in [-0.4, -0.2) is 25.6 Å². The van der Waals surface area contributed by atoms with E-state index in [2.05, 4.69) is 0 Å². The second kappa shape index (κ2) is 6.91. The van der Waals surface area contributed by atoms with Crippen molar-refractivity contribution in [3.8, 4) is 0 Å². The lowest BCUT2D eigenvalue weighted by Crippen LogP contribution is -2.29. The van der Waals surface area contributed by atoms with Crippen molar-refractivity contribution in [1.29, 1.82) is 0 Å². The standard InChI is InChI=1S/C15H13ClO5S/c16-12-6-8-13(9-7-12)22(19,20)21-14(15(17)18)10-11-4-2-1-3-5-11/h1-9,14H,10H2,(H,17,18). The van der Waals surface area contributed by atoms with Crippen LogP contribution in [0, 0.1) is 0 Å². The fourth-order valence-electron chi connectivity index (χ4n) is 1.80. The molecule has 0 bridgehead atoms. The minimum absolute atomic E-state index is 0.0526. The molecule has 0 aliphatic heterocycles. The van der Waals surface area contributed by atoms with Gasteiger partial charge in [-0.2, -0.15) is 8.42 Å². The minimum atomic E-state index is -4.18. The van der Waals surface area contributed by atoms with E-state index < -0.39 is 22.2 Å². The monoisotopic (exact) mass is 340 g/mol. The minimum Gasteiger partial charge on any atom is -0.479 e. The topological polar surface area (TPSA) is 80.7 Å². The van der Waals surface area contributed by atoms with Gasteiger partial charge in [0.15, 0.2) is 6.10 Å². The molecule has 0 heterocycles. The number of rotatable bonds is 6. The van der Waals surface area contributed by atoms with Gasteiger partial charge in [0.2, 0.25) is 0 Å². The first-order chi connectivity index (χ1) is 10.4. The zero-order valence-electron chi connectivity index (χ0n) is 11.3. The molecule has 0 aromatic heterocycles. The molecule has 0 aliphatic carbocycles. The fraction of sp³-hybridized carbons (Fsp3) is 0.133. The zero-order chi connectivity index (χ0) is 16.2. The number of carbonyl (C=O) groups is 1. The highest BCUT2D eigenvalue weighted by atomic mass is 35.5. The first-order valence-electron chi connectivity index (χ1n) is 6.34. The van der Waals surface area contributed by atoms with Crippen molar-refractivity contribution in [1.82, 2.24) is 0 Å². The van der Waals surface area contributed by atoms with E-state index in [0.717, 1.165) is 0 Å². The normalized spacial score (nSPS) is 12.8. The molecule has 0 radical (unpaired) electrons. The molecule has 0 aliphatic rings. The summed E-state index contributed by atoms with van der Waals surface area (Å²) in [7, 11) is -4.18. The third-order valence-electron chi connectivity index (χ3n) is 2.88. The molecule has 22 heavy (non-hydrogen) atoms. The van der Waals surface area contributed by atoms with E-state index >= 15 is 0 Å². The van der Waals surface area contributed by atoms with Gasteiger partial charge in [-0.15, -0.1) is 0 Å². The quantitative estimate of drug-likeness (QED) is 0.818. The predicted molar refractivity (Wildman–Crippen MR) is 81.3 cm³/mol. The highest BCUT2D eigenvalue weighted by Crippen LogP contribution is 2.19. The van der Waals surface area contributed by atoms with Gasteiger partial charge >= 0.3 is 5.97 Å². The van der Waals surface area contributed by atoms with Crippen LogP contribution in [0.1, 0.15) is 5.56 Å². The van der Waals surface area contributed by atoms with Gasteiger partial charge in [-0.1, -0.05) is 41.9 Å². The van der Waals surface area contributed by atoms with Crippen molar-refractivity contribution >= 4 is 27.7 Å². The molecule has 0 spiro atoms. The first kappa shape index (κ1) is 16.5. The molecule has 1 atom stereocenters. The molecule has 116 valence electrons. The third-order valence-corrected chi connectivity index (χ3v) is 4.47. The molecule has 2 aromatic rings. The van der Waals surface area contributed by atoms with Crippen LogP contribution in [-0.2, 0) is 25.5 Å². The van der Waals surface area contributed by atoms with Gasteiger partial charge in [-0.3, -0.25) is 4.18 Å². The van der Waals surface area contributed by atoms with E-state index in [1.165, 1.54) is 24.3 Å². The lowest BCUT2D eigenvalue weighted by atomic mass is 10.1. The Bertz CT molecular complexity index is 741. The smallest absolute Gasteiger partial charge is 0.334 e. The number of carboxylic acid groups (broad SMARTS) is 1. The number of hydrogen-bond donors (Lipinski definition) is 1. The maximum Gasteiger partial charge on any atom is 0.334 e. The Balaban J connectivity index is 2.20. The molecule has 1 N–H and O–H groups in total. The molecule has 1 unspecified atom stereocenters. The van der Waals surface area contributed by atoms with E-state index in [0.29, 0.717) is 10.6 Å². The van der Waals surface area contributed by atoms with Crippen LogP contribution in [0.3, 0.4) is 0 Å². The van der Waals surface area contributed by atoms with Crippen LogP contribution >= 0.6 is 11.6 Å². The average molecular weight is 341 g/mol. The van der Waals surface area contributed by atoms with Crippen molar-refractivity contribution in [2.45, 2.75) is 17.4 Å². The number of hydrogen-bond acceptors (Lipinski definition) is 4. The number of benzene rings is 2. The fourth-order valence-corrected chi connectivity index (χ4v) is 2.96. The van der Waals surface area contributed by atoms with Gasteiger partial charge in [0.1, 0.15) is 0 Å². The summed E-state index contributed by atoms with van der Waals surface area (Å²) >= 11 is 5.70. The Hall–Kier alpha value is -1.89. The number of aliphatic carboxylic acids is 1. The molecular formula is C15H13ClO5S. The second-order valence-corrected chi connectivity index (χ2v) is 6.53. The summed E-state index contributed by atoms with van der Waals surface area (Å²) in [6.07, 6.45) is -1.55. The Kier molecular flexibility index (Phi) is 5.18. The largest absolute Gasteiger partial charge is 0.479 e. The Morgan fingerprint density at radius 2 is 1.68 bits per heavy atom. The highest BCUT2D eigenvalue weighted by molar-refractivity contribution is 7.86. The van der Waals surface area contributed by atoms with Crippen LogP contribution in [0.4, 0.5) is 0 Å². The van der Waals surface area contributed by atoms with Gasteiger partial charge in [-0.25, -0.2) is 4.79 Å². The second-order valence-electron chi connectivity index (χ2n) is 4.52. The predicted octanol–water partition coefficient (Wildman–Crippen LogP) is 2.74. The Morgan fingerprint density at radius 3 is 2.23 bits per heavy atom. The van der Waals surface area contributed by atoms with Crippen molar-refractivity contribution < 1.29 is 22.5 Å². The lowest BCUT2D eigenvalue weighted by Gasteiger charge is -2.13. The molecule has 2 rings (SSSR count). The molecule has 7 heteroatoms. The first-order valence-corrected chi connectivity index (χ1v) is 8.13. The zero-order valence-corrected chi connectivity index (χ0v) is 12.9. The van der Waals surface area contributed by atoms with Crippen molar-refractivity contribution in [2.24, 2.45) is 0 Å². The summed E-state index contributed by atoms with van der Waals surface area (Å²) in [4.78, 5) is 11.1. The highest BCUT2D eigenvalue weighted by Gasteiger charge is 2.27. The van der Waals surface area contributed by atoms with Crippen LogP contribution in [0.2, 0.25) is 5.02 Å². The van der Waals surface area contributed by atoms with Gasteiger partial charge in [0.25, 0.3) is 10.1 Å². The molecule has 2 aromatic carbocycles. The molecule has 5 nitrogen and oxygen atoms in total. The molecule has 0 fully saturated rings. The van der Waals surface area contributed by atoms with E-state index in [1.807, 2.05) is 0 Å². The summed E-state index contributed by atoms with van der Waals surface area (Å²) in [6, 6.07) is 14.0. The SMILES string of the molecule is O=C(O)C(Cc1ccccc1)OS(=O)(=O)c1ccc(Cl)cc1. The summed E-state index contributed by atoms with van der Waals surface area (Å²) in [6.45, 7) is 0. The summed E-state index contributed by atoms with van der Waals surface area (Å²) in [5, 5.41) is 9.55. The van der Waals surface area contributed by atoms with Crippen molar-refractivity contribution in [3.63, 3.8) is 0 Å². The summed E-state index contributed by atoms with van der Waals surface area (Å²) in [5.41, 5.74) is 0.668. The van der Waals surface area contributed by atoms with Gasteiger partial charge < -0.3 is 5.11 Å². The van der Waals surface area contributed by atoms with Crippen molar-refractivity contribution in [2.75, 3.05) is 0 Å². The molecule has 0 amide bonds. The number of halogens is 1. The van der Waals surface area contributed by atoms with Gasteiger partial charge in [0.05, 0.1) is 4.90 Å². The maximum absolute atomic E-state index is 12.1. The van der Waals surface area contributed by atoms with E-state index in [9.17, 15) is 18.3 Å². The molecule has 0 saturated heterocycles. The van der Waals surface area contributed by atoms with Crippen LogP contribution in [0.15, 0.2) is 59.5 Å². The van der Waals surface area contributed by atoms with E-state index in [-0.39, 0.29) is 11.3 Å². The summed E-state index contributed by atoms with van der Waals surface area (Å²) in [5.74, 6) is -1.35. The van der Waals surface area contributed by atoms with Crippen LogP contribution < -0.4 is 0 Å². The van der Waals surface area contributed by atoms with E-state index in [1.54, 1.807) is 30.3 Å². The summed E-state index contributed by atoms with van der Waals surface area (Å²) < 4.78 is 29.1. The van der Waals surface area contributed by atoms with Gasteiger partial charge in [-0.05, 0) is 29.8 Å². The van der Waals surface area contributed by atoms with Crippen LogP contribution in [0.5, 0.6) is 0 Å². The third kappa shape index (κ3) is 4.30. The Morgan fingerprint density at radius 1 is 1.09 bits per heavy atom. The Labute approximate surface area is 133 Å². The van der Waals surface area contributed by atoms with Crippen LogP contribution in [0.25, 0.3) is 0 Å². The average Bonchev–Trinajstić information content (AvgIpc) is 2.48. The number of carboxylic acids is 1. The maximum atomic E-state index is 12.1. The van der Waals surface area contributed by atoms with E-state index in [4.69, 9.17) is 15.8 Å².